The molecule has 0 radical (unpaired) electrons. The average molecular weight is 496 g/mol. The summed E-state index contributed by atoms with van der Waals surface area (Å²) < 4.78 is 5.99. The highest BCUT2D eigenvalue weighted by molar-refractivity contribution is 8.03. The van der Waals surface area contributed by atoms with Crippen LogP contribution in [-0.2, 0) is 9.53 Å². The lowest BCUT2D eigenvalue weighted by molar-refractivity contribution is -0.156. The highest BCUT2D eigenvalue weighted by atomic mass is 32.2. The molecule has 0 unspecified atom stereocenters. The molecular formula is C24H37N3O4S2. The minimum Gasteiger partial charge on any atom is -0.480 e. The van der Waals surface area contributed by atoms with Crippen molar-refractivity contribution < 1.29 is 19.4 Å². The van der Waals surface area contributed by atoms with Crippen LogP contribution >= 0.6 is 23.1 Å². The van der Waals surface area contributed by atoms with E-state index >= 15 is 0 Å². The summed E-state index contributed by atoms with van der Waals surface area (Å²) in [5, 5.41) is 12.9. The fourth-order valence-electron chi connectivity index (χ4n) is 5.51. The average Bonchev–Trinajstić information content (AvgIpc) is 3.56. The van der Waals surface area contributed by atoms with Crippen molar-refractivity contribution in [3.8, 4) is 0 Å². The van der Waals surface area contributed by atoms with Crippen LogP contribution in [0.3, 0.4) is 0 Å². The van der Waals surface area contributed by atoms with Gasteiger partial charge in [-0.3, -0.25) is 15.0 Å². The van der Waals surface area contributed by atoms with Crippen molar-refractivity contribution >= 4 is 40.2 Å². The molecule has 3 saturated carbocycles. The highest BCUT2D eigenvalue weighted by Gasteiger charge is 2.48. The van der Waals surface area contributed by atoms with Crippen LogP contribution in [-0.4, -0.2) is 50.6 Å². The Bertz CT molecular complexity index is 841. The number of carboxylic acids is 1. The molecule has 0 aromatic carbocycles. The van der Waals surface area contributed by atoms with Gasteiger partial charge in [0.15, 0.2) is 5.13 Å². The molecular weight excluding hydrogens is 458 g/mol. The topological polar surface area (TPSA) is 91.8 Å². The normalized spacial score (nSPS) is 26.7. The summed E-state index contributed by atoms with van der Waals surface area (Å²) in [6, 6.07) is 0.0351. The van der Waals surface area contributed by atoms with Gasteiger partial charge in [0.05, 0.1) is 10.4 Å². The van der Waals surface area contributed by atoms with E-state index in [0.717, 1.165) is 67.4 Å². The number of carbonyl (C=O) groups is 2. The number of hydrogen-bond donors (Lipinski definition) is 2. The fraction of sp³-hybridized carbons (Fsp3) is 0.792. The highest BCUT2D eigenvalue weighted by Crippen LogP contribution is 2.49. The number of aliphatic carboxylic acids is 1. The van der Waals surface area contributed by atoms with Crippen LogP contribution in [0.2, 0.25) is 0 Å². The molecule has 0 saturated heterocycles. The second-order valence-electron chi connectivity index (χ2n) is 10.3. The number of thiazole rings is 1. The van der Waals surface area contributed by atoms with E-state index in [-0.39, 0.29) is 12.1 Å². The predicted octanol–water partition coefficient (Wildman–Crippen LogP) is 6.21. The molecule has 0 aliphatic heterocycles. The van der Waals surface area contributed by atoms with Gasteiger partial charge in [0.25, 0.3) is 0 Å². The lowest BCUT2D eigenvalue weighted by Gasteiger charge is -2.50. The number of methoxy groups -OCH3 is 1. The van der Waals surface area contributed by atoms with E-state index < -0.39 is 16.4 Å². The van der Waals surface area contributed by atoms with Gasteiger partial charge in [-0.2, -0.15) is 0 Å². The first-order valence-corrected chi connectivity index (χ1v) is 13.9. The summed E-state index contributed by atoms with van der Waals surface area (Å²) in [6.45, 7) is 3.34. The first kappa shape index (κ1) is 24.8. The standard InChI is InChI=1S/C24H37N3O4S2/c1-23(2,20(28)29)33-19-15-25-21(32-19)26-22(30)27(18-7-5-4-6-8-18)24(31-3)13-11-17(12-14-24)16-9-10-16/h15-18H,4-14H2,1-3H3,(H,28,29)(H,25,26,30)/t17-,24+. The molecule has 3 aliphatic carbocycles. The molecule has 3 aliphatic rings. The quantitative estimate of drug-likeness (QED) is 0.329. The van der Waals surface area contributed by atoms with E-state index in [4.69, 9.17) is 4.74 Å². The lowest BCUT2D eigenvalue weighted by Crippen LogP contribution is -2.60. The van der Waals surface area contributed by atoms with Crippen molar-refractivity contribution in [1.29, 1.82) is 0 Å². The van der Waals surface area contributed by atoms with Gasteiger partial charge in [-0.05, 0) is 77.0 Å². The Morgan fingerprint density at radius 2 is 1.79 bits per heavy atom. The molecule has 0 atom stereocenters. The number of nitrogens with zero attached hydrogens (tertiary/aromatic N) is 2. The number of carboxylic acid groups (broad SMARTS) is 1. The minimum atomic E-state index is -0.956. The van der Waals surface area contributed by atoms with Gasteiger partial charge in [-0.25, -0.2) is 9.78 Å². The molecule has 33 heavy (non-hydrogen) atoms. The summed E-state index contributed by atoms with van der Waals surface area (Å²) in [7, 11) is 1.76. The van der Waals surface area contributed by atoms with Crippen LogP contribution in [0.5, 0.6) is 0 Å². The van der Waals surface area contributed by atoms with Crippen LogP contribution in [0.4, 0.5) is 9.93 Å². The summed E-state index contributed by atoms with van der Waals surface area (Å²) in [6.07, 6.45) is 13.9. The van der Waals surface area contributed by atoms with E-state index in [2.05, 4.69) is 10.3 Å². The van der Waals surface area contributed by atoms with E-state index in [1.54, 1.807) is 27.2 Å². The SMILES string of the molecule is CO[C@]1(N(C(=O)Nc2ncc(SC(C)(C)C(=O)O)s2)C2CCCCC2)CC[C@H](C2CC2)CC1. The number of thioether (sulfide) groups is 1. The Morgan fingerprint density at radius 1 is 1.15 bits per heavy atom. The molecule has 1 heterocycles. The number of hydrogen-bond acceptors (Lipinski definition) is 6. The maximum absolute atomic E-state index is 13.7. The fourth-order valence-corrected chi connectivity index (χ4v) is 7.77. The molecule has 7 nitrogen and oxygen atoms in total. The van der Waals surface area contributed by atoms with Crippen LogP contribution < -0.4 is 5.32 Å². The van der Waals surface area contributed by atoms with Crippen molar-refractivity contribution in [1.82, 2.24) is 9.88 Å². The zero-order chi connectivity index (χ0) is 23.6. The second kappa shape index (κ2) is 10.1. The molecule has 0 bridgehead atoms. The molecule has 184 valence electrons. The van der Waals surface area contributed by atoms with Crippen molar-refractivity contribution in [3.05, 3.63) is 6.20 Å². The number of urea groups is 1. The number of carbonyl (C=O) groups excluding carboxylic acids is 1. The van der Waals surface area contributed by atoms with Crippen LogP contribution in [0.15, 0.2) is 10.4 Å². The summed E-state index contributed by atoms with van der Waals surface area (Å²) >= 11 is 2.57. The van der Waals surface area contributed by atoms with Gasteiger partial charge in [-0.15, -0.1) is 0 Å². The van der Waals surface area contributed by atoms with Gasteiger partial charge in [0, 0.05) is 13.2 Å². The van der Waals surface area contributed by atoms with Crippen molar-refractivity contribution in [2.45, 2.75) is 105 Å². The molecule has 2 N–H and O–H groups in total. The third-order valence-electron chi connectivity index (χ3n) is 7.65. The third-order valence-corrected chi connectivity index (χ3v) is 9.85. The zero-order valence-corrected chi connectivity index (χ0v) is 21.6. The van der Waals surface area contributed by atoms with E-state index in [1.807, 2.05) is 4.90 Å². The first-order chi connectivity index (χ1) is 15.7. The number of aromatic nitrogens is 1. The Labute approximate surface area is 205 Å². The van der Waals surface area contributed by atoms with E-state index in [0.29, 0.717) is 5.13 Å². The van der Waals surface area contributed by atoms with Crippen molar-refractivity contribution in [2.75, 3.05) is 12.4 Å². The van der Waals surface area contributed by atoms with Gasteiger partial charge in [-0.1, -0.05) is 42.4 Å². The molecule has 9 heteroatoms. The monoisotopic (exact) mass is 495 g/mol. The summed E-state index contributed by atoms with van der Waals surface area (Å²) in [5.41, 5.74) is -0.558. The molecule has 0 spiro atoms. The van der Waals surface area contributed by atoms with Crippen LogP contribution in [0, 0.1) is 11.8 Å². The van der Waals surface area contributed by atoms with E-state index in [1.165, 1.54) is 42.4 Å². The van der Waals surface area contributed by atoms with Crippen LogP contribution in [0.1, 0.15) is 84.5 Å². The molecule has 1 aromatic heterocycles. The van der Waals surface area contributed by atoms with Crippen molar-refractivity contribution in [3.63, 3.8) is 0 Å². The molecule has 4 rings (SSSR count). The number of nitrogens with one attached hydrogen (secondary N) is 1. The predicted molar refractivity (Wildman–Crippen MR) is 132 cm³/mol. The Hall–Kier alpha value is -1.32. The summed E-state index contributed by atoms with van der Waals surface area (Å²) in [4.78, 5) is 31.6. The van der Waals surface area contributed by atoms with E-state index in [9.17, 15) is 14.7 Å². The second-order valence-corrected chi connectivity index (χ2v) is 13.3. The third kappa shape index (κ3) is 5.68. The number of amides is 2. The van der Waals surface area contributed by atoms with Crippen molar-refractivity contribution in [2.24, 2.45) is 11.8 Å². The first-order valence-electron chi connectivity index (χ1n) is 12.3. The minimum absolute atomic E-state index is 0.142. The van der Waals surface area contributed by atoms with Crippen LogP contribution in [0.25, 0.3) is 0 Å². The number of anilines is 1. The lowest BCUT2D eigenvalue weighted by atomic mass is 9.79. The molecule has 3 fully saturated rings. The Balaban J connectivity index is 1.50. The molecule has 2 amide bonds. The van der Waals surface area contributed by atoms with Gasteiger partial charge >= 0.3 is 12.0 Å². The molecule has 1 aromatic rings. The maximum Gasteiger partial charge on any atom is 0.326 e. The summed E-state index contributed by atoms with van der Waals surface area (Å²) in [5.74, 6) is 0.789. The zero-order valence-electron chi connectivity index (χ0n) is 20.0. The largest absolute Gasteiger partial charge is 0.480 e. The smallest absolute Gasteiger partial charge is 0.326 e. The van der Waals surface area contributed by atoms with Gasteiger partial charge in [0.2, 0.25) is 0 Å². The van der Waals surface area contributed by atoms with Gasteiger partial charge in [0.1, 0.15) is 10.5 Å². The maximum atomic E-state index is 13.7. The Morgan fingerprint density at radius 3 is 2.36 bits per heavy atom. The number of ether oxygens (including phenoxy) is 1. The number of rotatable bonds is 8. The Kier molecular flexibility index (Phi) is 7.60. The van der Waals surface area contributed by atoms with Gasteiger partial charge < -0.3 is 9.84 Å².